The summed E-state index contributed by atoms with van der Waals surface area (Å²) in [6.45, 7) is 1.79. The van der Waals surface area contributed by atoms with Crippen LogP contribution in [0.5, 0.6) is 0 Å². The van der Waals surface area contributed by atoms with Gasteiger partial charge in [-0.1, -0.05) is 35.3 Å². The number of nitrogens with one attached hydrogen (secondary N) is 2. The Balaban J connectivity index is 1.95. The molecule has 0 aliphatic carbocycles. The highest BCUT2D eigenvalue weighted by Gasteiger charge is 2.09. The fourth-order valence-electron chi connectivity index (χ4n) is 1.76. The first-order valence-corrected chi connectivity index (χ1v) is 7.76. The van der Waals surface area contributed by atoms with Crippen LogP contribution >= 0.6 is 35.4 Å². The summed E-state index contributed by atoms with van der Waals surface area (Å²) in [7, 11) is 1.63. The monoisotopic (exact) mass is 358 g/mol. The molecule has 118 valence electrons. The Kier molecular flexibility index (Phi) is 6.45. The number of ether oxygens (including phenoxy) is 1. The van der Waals surface area contributed by atoms with Crippen molar-refractivity contribution in [1.29, 1.82) is 0 Å². The largest absolute Gasteiger partial charge is 0.383 e. The second-order valence-corrected chi connectivity index (χ2v) is 5.78. The first-order chi connectivity index (χ1) is 10.6. The standard InChI is InChI=1S/C14H16Cl2N4OS/c1-21-7-6-17-14(22)18-13-12(16)9-20(19-13)8-10-2-4-11(15)5-3-10/h2-5,9H,6-8H2,1H3,(H2,17,18,19,22). The third-order valence-electron chi connectivity index (χ3n) is 2.80. The third kappa shape index (κ3) is 5.14. The summed E-state index contributed by atoms with van der Waals surface area (Å²) in [6.07, 6.45) is 1.75. The Morgan fingerprint density at radius 1 is 1.32 bits per heavy atom. The number of anilines is 1. The van der Waals surface area contributed by atoms with E-state index in [0.717, 1.165) is 5.56 Å². The topological polar surface area (TPSA) is 51.1 Å². The normalized spacial score (nSPS) is 10.5. The Bertz CT molecular complexity index is 630. The van der Waals surface area contributed by atoms with Crippen molar-refractivity contribution in [3.63, 3.8) is 0 Å². The van der Waals surface area contributed by atoms with E-state index in [9.17, 15) is 0 Å². The summed E-state index contributed by atoms with van der Waals surface area (Å²) in [4.78, 5) is 0. The van der Waals surface area contributed by atoms with Crippen LogP contribution in [-0.4, -0.2) is 35.2 Å². The smallest absolute Gasteiger partial charge is 0.173 e. The molecule has 0 bridgehead atoms. The first kappa shape index (κ1) is 17.0. The van der Waals surface area contributed by atoms with Gasteiger partial charge in [0.1, 0.15) is 5.02 Å². The van der Waals surface area contributed by atoms with Crippen molar-refractivity contribution in [2.75, 3.05) is 25.6 Å². The molecule has 2 aromatic rings. The van der Waals surface area contributed by atoms with Gasteiger partial charge in [0.2, 0.25) is 0 Å². The molecule has 0 unspecified atom stereocenters. The van der Waals surface area contributed by atoms with Gasteiger partial charge in [0, 0.05) is 24.9 Å². The van der Waals surface area contributed by atoms with Crippen molar-refractivity contribution >= 4 is 46.4 Å². The van der Waals surface area contributed by atoms with Crippen LogP contribution in [0.3, 0.4) is 0 Å². The van der Waals surface area contributed by atoms with Crippen molar-refractivity contribution in [3.8, 4) is 0 Å². The van der Waals surface area contributed by atoms with Gasteiger partial charge >= 0.3 is 0 Å². The molecule has 22 heavy (non-hydrogen) atoms. The number of hydrogen-bond donors (Lipinski definition) is 2. The lowest BCUT2D eigenvalue weighted by Crippen LogP contribution is -2.31. The van der Waals surface area contributed by atoms with Crippen molar-refractivity contribution in [2.24, 2.45) is 0 Å². The number of methoxy groups -OCH3 is 1. The molecule has 0 aliphatic heterocycles. The number of aromatic nitrogens is 2. The van der Waals surface area contributed by atoms with Crippen LogP contribution < -0.4 is 10.6 Å². The maximum absolute atomic E-state index is 6.16. The van der Waals surface area contributed by atoms with E-state index in [1.165, 1.54) is 0 Å². The van der Waals surface area contributed by atoms with E-state index in [2.05, 4.69) is 15.7 Å². The predicted molar refractivity (Wildman–Crippen MR) is 93.9 cm³/mol. The molecule has 2 N–H and O–H groups in total. The molecular formula is C14H16Cl2N4OS. The van der Waals surface area contributed by atoms with Gasteiger partial charge in [0.05, 0.1) is 13.2 Å². The number of thiocarbonyl (C=S) groups is 1. The Morgan fingerprint density at radius 3 is 2.73 bits per heavy atom. The summed E-state index contributed by atoms with van der Waals surface area (Å²) < 4.78 is 6.68. The highest BCUT2D eigenvalue weighted by molar-refractivity contribution is 7.80. The van der Waals surface area contributed by atoms with Gasteiger partial charge in [-0.15, -0.1) is 0 Å². The number of nitrogens with zero attached hydrogens (tertiary/aromatic N) is 2. The molecule has 8 heteroatoms. The third-order valence-corrected chi connectivity index (χ3v) is 3.57. The summed E-state index contributed by atoms with van der Waals surface area (Å²) in [5, 5.41) is 12.0. The molecule has 2 rings (SSSR count). The minimum absolute atomic E-state index is 0.454. The Morgan fingerprint density at radius 2 is 2.05 bits per heavy atom. The number of hydrogen-bond acceptors (Lipinski definition) is 3. The zero-order chi connectivity index (χ0) is 15.9. The fraction of sp³-hybridized carbons (Fsp3) is 0.286. The van der Waals surface area contributed by atoms with Crippen LogP contribution in [0.2, 0.25) is 10.0 Å². The maximum atomic E-state index is 6.16. The Labute approximate surface area is 144 Å². The first-order valence-electron chi connectivity index (χ1n) is 6.59. The van der Waals surface area contributed by atoms with Crippen LogP contribution in [-0.2, 0) is 11.3 Å². The highest BCUT2D eigenvalue weighted by atomic mass is 35.5. The number of halogens is 2. The lowest BCUT2D eigenvalue weighted by atomic mass is 10.2. The quantitative estimate of drug-likeness (QED) is 0.613. The maximum Gasteiger partial charge on any atom is 0.173 e. The number of rotatable bonds is 6. The summed E-state index contributed by atoms with van der Waals surface area (Å²) in [5.41, 5.74) is 1.08. The van der Waals surface area contributed by atoms with Crippen LogP contribution in [0.15, 0.2) is 30.5 Å². The van der Waals surface area contributed by atoms with Gasteiger partial charge in [-0.2, -0.15) is 5.10 Å². The molecule has 0 fully saturated rings. The minimum atomic E-state index is 0.454. The second-order valence-electron chi connectivity index (χ2n) is 4.52. The average Bonchev–Trinajstić information content (AvgIpc) is 2.81. The molecule has 1 aromatic carbocycles. The van der Waals surface area contributed by atoms with Gasteiger partial charge in [-0.3, -0.25) is 4.68 Å². The van der Waals surface area contributed by atoms with E-state index in [1.807, 2.05) is 24.3 Å². The van der Waals surface area contributed by atoms with E-state index in [4.69, 9.17) is 40.2 Å². The zero-order valence-corrected chi connectivity index (χ0v) is 14.3. The lowest BCUT2D eigenvalue weighted by Gasteiger charge is -2.08. The highest BCUT2D eigenvalue weighted by Crippen LogP contribution is 2.20. The van der Waals surface area contributed by atoms with Gasteiger partial charge in [-0.05, 0) is 29.9 Å². The van der Waals surface area contributed by atoms with Gasteiger partial charge in [-0.25, -0.2) is 0 Å². The number of benzene rings is 1. The molecule has 0 saturated heterocycles. The van der Waals surface area contributed by atoms with Gasteiger partial charge in [0.15, 0.2) is 10.9 Å². The molecule has 0 aliphatic rings. The van der Waals surface area contributed by atoms with Crippen LogP contribution in [0.25, 0.3) is 0 Å². The van der Waals surface area contributed by atoms with Gasteiger partial charge < -0.3 is 15.4 Å². The van der Waals surface area contributed by atoms with E-state index >= 15 is 0 Å². The van der Waals surface area contributed by atoms with Crippen molar-refractivity contribution in [1.82, 2.24) is 15.1 Å². The second kappa shape index (κ2) is 8.33. The molecule has 0 radical (unpaired) electrons. The van der Waals surface area contributed by atoms with Crippen molar-refractivity contribution < 1.29 is 4.74 Å². The molecule has 0 atom stereocenters. The molecule has 0 amide bonds. The molecular weight excluding hydrogens is 343 g/mol. The van der Waals surface area contributed by atoms with Gasteiger partial charge in [0.25, 0.3) is 0 Å². The van der Waals surface area contributed by atoms with Crippen molar-refractivity contribution in [3.05, 3.63) is 46.1 Å². The molecule has 5 nitrogen and oxygen atoms in total. The fourth-order valence-corrected chi connectivity index (χ4v) is 2.28. The molecule has 0 spiro atoms. The van der Waals surface area contributed by atoms with Crippen LogP contribution in [0.1, 0.15) is 5.56 Å². The molecule has 1 aromatic heterocycles. The minimum Gasteiger partial charge on any atom is -0.383 e. The molecule has 0 saturated carbocycles. The predicted octanol–water partition coefficient (Wildman–Crippen LogP) is 3.17. The van der Waals surface area contributed by atoms with E-state index < -0.39 is 0 Å². The van der Waals surface area contributed by atoms with Crippen LogP contribution in [0, 0.1) is 0 Å². The zero-order valence-electron chi connectivity index (χ0n) is 12.0. The summed E-state index contributed by atoms with van der Waals surface area (Å²) >= 11 is 17.2. The van der Waals surface area contributed by atoms with E-state index in [1.54, 1.807) is 18.0 Å². The summed E-state index contributed by atoms with van der Waals surface area (Å²) in [5.74, 6) is 0.519. The average molecular weight is 359 g/mol. The van der Waals surface area contributed by atoms with Crippen LogP contribution in [0.4, 0.5) is 5.82 Å². The lowest BCUT2D eigenvalue weighted by molar-refractivity contribution is 0.204. The molecule has 1 heterocycles. The summed E-state index contributed by atoms with van der Waals surface area (Å²) in [6, 6.07) is 7.58. The van der Waals surface area contributed by atoms with Crippen molar-refractivity contribution in [2.45, 2.75) is 6.54 Å². The van der Waals surface area contributed by atoms with E-state index in [0.29, 0.717) is 40.7 Å². The Hall–Kier alpha value is -1.34. The van der Waals surface area contributed by atoms with E-state index in [-0.39, 0.29) is 0 Å². The SMILES string of the molecule is COCCNC(=S)Nc1nn(Cc2ccc(Cl)cc2)cc1Cl.